The van der Waals surface area contributed by atoms with Gasteiger partial charge in [0.2, 0.25) is 11.8 Å². The van der Waals surface area contributed by atoms with Crippen molar-refractivity contribution in [2.45, 2.75) is 45.2 Å². The molecule has 0 aromatic heterocycles. The predicted octanol–water partition coefficient (Wildman–Crippen LogP) is -0.229. The zero-order valence-electron chi connectivity index (χ0n) is 11.7. The summed E-state index contributed by atoms with van der Waals surface area (Å²) >= 11 is 0. The van der Waals surface area contributed by atoms with Crippen LogP contribution in [0.5, 0.6) is 0 Å². The summed E-state index contributed by atoms with van der Waals surface area (Å²) in [5.41, 5.74) is 5.04. The minimum absolute atomic E-state index is 0.241. The molecule has 6 nitrogen and oxygen atoms in total. The highest BCUT2D eigenvalue weighted by Crippen LogP contribution is 2.11. The third kappa shape index (κ3) is 5.01. The molecule has 0 aromatic carbocycles. The Kier molecular flexibility index (Phi) is 7.54. The van der Waals surface area contributed by atoms with Crippen molar-refractivity contribution in [3.63, 3.8) is 0 Å². The highest BCUT2D eigenvalue weighted by Gasteiger charge is 2.31. The van der Waals surface area contributed by atoms with Gasteiger partial charge in [-0.3, -0.25) is 9.59 Å². The van der Waals surface area contributed by atoms with Crippen LogP contribution in [0.15, 0.2) is 0 Å². The Hall–Kier alpha value is -1.14. The van der Waals surface area contributed by atoms with E-state index in [0.717, 1.165) is 0 Å². The van der Waals surface area contributed by atoms with E-state index in [4.69, 9.17) is 10.5 Å². The highest BCUT2D eigenvalue weighted by molar-refractivity contribution is 5.91. The van der Waals surface area contributed by atoms with Gasteiger partial charge in [-0.2, -0.15) is 0 Å². The molecule has 1 unspecified atom stereocenters. The van der Waals surface area contributed by atoms with Crippen molar-refractivity contribution in [2.24, 2.45) is 5.73 Å². The van der Waals surface area contributed by atoms with Crippen LogP contribution in [0.3, 0.4) is 0 Å². The van der Waals surface area contributed by atoms with E-state index >= 15 is 0 Å². The quantitative estimate of drug-likeness (QED) is 0.525. The minimum Gasteiger partial charge on any atom is -0.383 e. The Labute approximate surface area is 109 Å². The van der Waals surface area contributed by atoms with Gasteiger partial charge < -0.3 is 21.1 Å². The van der Waals surface area contributed by atoms with Crippen LogP contribution in [0, 0.1) is 0 Å². The Bertz CT molecular complexity index is 278. The Morgan fingerprint density at radius 1 is 1.33 bits per heavy atom. The van der Waals surface area contributed by atoms with Crippen LogP contribution in [0.2, 0.25) is 0 Å². The van der Waals surface area contributed by atoms with E-state index in [1.54, 1.807) is 14.0 Å². The number of carbonyl (C=O) groups excluding carboxylic acids is 2. The summed E-state index contributed by atoms with van der Waals surface area (Å²) in [7, 11) is 1.56. The van der Waals surface area contributed by atoms with Crippen molar-refractivity contribution in [3.8, 4) is 0 Å². The van der Waals surface area contributed by atoms with Crippen LogP contribution < -0.4 is 16.4 Å². The molecule has 0 bridgehead atoms. The molecule has 18 heavy (non-hydrogen) atoms. The molecule has 0 saturated heterocycles. The van der Waals surface area contributed by atoms with Crippen LogP contribution in [-0.2, 0) is 14.3 Å². The van der Waals surface area contributed by atoms with Crippen molar-refractivity contribution >= 4 is 11.8 Å². The highest BCUT2D eigenvalue weighted by atomic mass is 16.5. The van der Waals surface area contributed by atoms with Gasteiger partial charge in [0.1, 0.15) is 6.04 Å². The SMILES string of the molecule is CCC(N)(CC)C(=O)NC(C)C(=O)NCCOC. The summed E-state index contributed by atoms with van der Waals surface area (Å²) in [5, 5.41) is 5.29. The summed E-state index contributed by atoms with van der Waals surface area (Å²) in [4.78, 5) is 23.6. The monoisotopic (exact) mass is 259 g/mol. The van der Waals surface area contributed by atoms with Crippen LogP contribution >= 0.6 is 0 Å². The summed E-state index contributed by atoms with van der Waals surface area (Å²) in [6, 6.07) is -0.601. The van der Waals surface area contributed by atoms with E-state index in [1.165, 1.54) is 0 Å². The number of nitrogens with one attached hydrogen (secondary N) is 2. The lowest BCUT2D eigenvalue weighted by Crippen LogP contribution is -2.57. The molecule has 106 valence electrons. The molecule has 0 fully saturated rings. The van der Waals surface area contributed by atoms with Gasteiger partial charge in [0.05, 0.1) is 12.1 Å². The first-order valence-electron chi connectivity index (χ1n) is 6.27. The lowest BCUT2D eigenvalue weighted by molar-refractivity contribution is -0.131. The molecule has 0 aromatic rings. The molecule has 0 radical (unpaired) electrons. The van der Waals surface area contributed by atoms with Crippen molar-refractivity contribution in [1.29, 1.82) is 0 Å². The zero-order chi connectivity index (χ0) is 14.2. The first-order valence-corrected chi connectivity index (χ1v) is 6.27. The average molecular weight is 259 g/mol. The molecular formula is C12H25N3O3. The normalized spacial score (nSPS) is 12.9. The molecule has 0 rings (SSSR count). The summed E-state index contributed by atoms with van der Waals surface area (Å²) in [6.07, 6.45) is 1.07. The maximum atomic E-state index is 11.9. The lowest BCUT2D eigenvalue weighted by atomic mass is 9.93. The maximum Gasteiger partial charge on any atom is 0.242 e. The molecule has 0 aliphatic heterocycles. The maximum absolute atomic E-state index is 11.9. The number of rotatable bonds is 8. The molecular weight excluding hydrogens is 234 g/mol. The molecule has 0 spiro atoms. The second-order valence-corrected chi connectivity index (χ2v) is 4.34. The van der Waals surface area contributed by atoms with Gasteiger partial charge in [-0.15, -0.1) is 0 Å². The number of hydrogen-bond donors (Lipinski definition) is 3. The predicted molar refractivity (Wildman–Crippen MR) is 70.0 cm³/mol. The molecule has 0 saturated carbocycles. The Morgan fingerprint density at radius 3 is 2.33 bits per heavy atom. The second kappa shape index (κ2) is 8.05. The molecule has 0 aliphatic rings. The van der Waals surface area contributed by atoms with Gasteiger partial charge in [0.25, 0.3) is 0 Å². The van der Waals surface area contributed by atoms with Gasteiger partial charge in [-0.05, 0) is 19.8 Å². The van der Waals surface area contributed by atoms with Gasteiger partial charge >= 0.3 is 0 Å². The van der Waals surface area contributed by atoms with Crippen LogP contribution in [0.1, 0.15) is 33.6 Å². The fraction of sp³-hybridized carbons (Fsp3) is 0.833. The summed E-state index contributed by atoms with van der Waals surface area (Å²) in [6.45, 7) is 6.20. The lowest BCUT2D eigenvalue weighted by Gasteiger charge is -2.27. The van der Waals surface area contributed by atoms with Crippen LogP contribution in [0.25, 0.3) is 0 Å². The first kappa shape index (κ1) is 16.9. The van der Waals surface area contributed by atoms with Crippen LogP contribution in [0.4, 0.5) is 0 Å². The molecule has 0 heterocycles. The third-order valence-corrected chi connectivity index (χ3v) is 3.06. The van der Waals surface area contributed by atoms with Gasteiger partial charge in [0, 0.05) is 13.7 Å². The van der Waals surface area contributed by atoms with E-state index in [-0.39, 0.29) is 11.8 Å². The van der Waals surface area contributed by atoms with Crippen molar-refractivity contribution in [1.82, 2.24) is 10.6 Å². The number of methoxy groups -OCH3 is 1. The van der Waals surface area contributed by atoms with Crippen LogP contribution in [-0.4, -0.2) is 43.7 Å². The Morgan fingerprint density at radius 2 is 1.89 bits per heavy atom. The molecule has 6 heteroatoms. The largest absolute Gasteiger partial charge is 0.383 e. The van der Waals surface area contributed by atoms with E-state index in [1.807, 2.05) is 13.8 Å². The van der Waals surface area contributed by atoms with E-state index < -0.39 is 11.6 Å². The van der Waals surface area contributed by atoms with E-state index in [0.29, 0.717) is 26.0 Å². The van der Waals surface area contributed by atoms with Gasteiger partial charge in [0.15, 0.2) is 0 Å². The zero-order valence-corrected chi connectivity index (χ0v) is 11.7. The van der Waals surface area contributed by atoms with Crippen molar-refractivity contribution in [3.05, 3.63) is 0 Å². The first-order chi connectivity index (χ1) is 8.41. The minimum atomic E-state index is -0.902. The average Bonchev–Trinajstić information content (AvgIpc) is 2.37. The molecule has 2 amide bonds. The van der Waals surface area contributed by atoms with Crippen molar-refractivity contribution < 1.29 is 14.3 Å². The standard InChI is InChI=1S/C12H25N3O3/c1-5-12(13,6-2)11(17)15-9(3)10(16)14-7-8-18-4/h9H,5-8,13H2,1-4H3,(H,14,16)(H,15,17). The number of hydrogen-bond acceptors (Lipinski definition) is 4. The topological polar surface area (TPSA) is 93.5 Å². The smallest absolute Gasteiger partial charge is 0.242 e. The fourth-order valence-corrected chi connectivity index (χ4v) is 1.41. The molecule has 4 N–H and O–H groups in total. The van der Waals surface area contributed by atoms with E-state index in [2.05, 4.69) is 10.6 Å². The number of carbonyl (C=O) groups is 2. The van der Waals surface area contributed by atoms with Gasteiger partial charge in [-0.1, -0.05) is 13.8 Å². The van der Waals surface area contributed by atoms with E-state index in [9.17, 15) is 9.59 Å². The fourth-order valence-electron chi connectivity index (χ4n) is 1.41. The Balaban J connectivity index is 4.25. The number of ether oxygens (including phenoxy) is 1. The van der Waals surface area contributed by atoms with Gasteiger partial charge in [-0.25, -0.2) is 0 Å². The number of nitrogens with two attached hydrogens (primary N) is 1. The molecule has 1 atom stereocenters. The molecule has 0 aliphatic carbocycles. The van der Waals surface area contributed by atoms with Crippen molar-refractivity contribution in [2.75, 3.05) is 20.3 Å². The summed E-state index contributed by atoms with van der Waals surface area (Å²) in [5.74, 6) is -0.531. The summed E-state index contributed by atoms with van der Waals surface area (Å²) < 4.78 is 4.82. The third-order valence-electron chi connectivity index (χ3n) is 3.06. The second-order valence-electron chi connectivity index (χ2n) is 4.34. The number of amides is 2.